The number of H-pyrrole nitrogens is 2. The van der Waals surface area contributed by atoms with Crippen LogP contribution in [0.5, 0.6) is 5.75 Å². The molecule has 5 amide bonds. The lowest BCUT2D eigenvalue weighted by Crippen LogP contribution is -2.45. The average molecular weight is 1430 g/mol. The number of aryl methyl sites for hydroxylation is 3. The number of Topliss-reactive ketones (excluding diaryl/α,β-unsaturated/α-hetero) is 3. The Bertz CT molecular complexity index is 4620. The maximum Gasteiger partial charge on any atom is 0.308 e. The lowest BCUT2D eigenvalue weighted by atomic mass is 9.95. The monoisotopic (exact) mass is 1430 g/mol. The summed E-state index contributed by atoms with van der Waals surface area (Å²) < 4.78 is 5.60. The van der Waals surface area contributed by atoms with Crippen LogP contribution >= 0.6 is 33.2 Å². The standard InChI is InChI=1S/C74H80ClN13O11S2/c1-41(30-55(90)10-5-8-14-62(91)46-18-15-45(16-19-46)17-21-54-39-80-68-67(84-54)72(97)82-43(3)81-68)70(95)87-59(13-9-26-79-74(76)77)63(92)31-42(2)69(94)78-27-29-101-100-28-25-65(93)83-52-22-20-47-32-50(33-48(47)34-52)71(96)85-53-23-24-58-49(35-53)36-60(86-58)73(98)88-40-51(38-75)66-57-12-7-6-11-56(57)64(37-61(66)88)99-44(4)89/h6-7,11-12,15-16,18-20,22-24,33-37,39,41-42,51,59,86H,5,8-10,13-14,17,21,25-32,38,40H2,1-4H3,(H,78,94)(H,83,93)(H,85,96)(H,87,95)(H4,76,77,79)(H,80,81,82,97)/t41-,42-,51?,59+/m1/s1. The van der Waals surface area contributed by atoms with Gasteiger partial charge in [-0.05, 0) is 116 Å². The fourth-order valence-electron chi connectivity index (χ4n) is 12.4. The maximum atomic E-state index is 14.2. The Hall–Kier alpha value is -10.1. The van der Waals surface area contributed by atoms with Crippen molar-refractivity contribution in [1.82, 2.24) is 40.9 Å². The van der Waals surface area contributed by atoms with E-state index >= 15 is 0 Å². The van der Waals surface area contributed by atoms with Crippen LogP contribution in [-0.4, -0.2) is 127 Å². The Labute approximate surface area is 595 Å². The second kappa shape index (κ2) is 34.3. The van der Waals surface area contributed by atoms with E-state index in [1.54, 1.807) is 86.5 Å². The number of anilines is 3. The molecule has 101 heavy (non-hydrogen) atoms. The van der Waals surface area contributed by atoms with Gasteiger partial charge in [-0.25, -0.2) is 15.0 Å². The van der Waals surface area contributed by atoms with Crippen molar-refractivity contribution < 1.29 is 47.9 Å². The van der Waals surface area contributed by atoms with Gasteiger partial charge in [0, 0.05) is 145 Å². The van der Waals surface area contributed by atoms with Gasteiger partial charge in [0.1, 0.15) is 23.1 Å². The highest BCUT2D eigenvalue weighted by atomic mass is 35.5. The zero-order valence-electron chi connectivity index (χ0n) is 56.5. The van der Waals surface area contributed by atoms with Gasteiger partial charge in [0.2, 0.25) is 17.7 Å². The van der Waals surface area contributed by atoms with Crippen molar-refractivity contribution in [3.8, 4) is 5.75 Å². The van der Waals surface area contributed by atoms with Crippen LogP contribution in [-0.2, 0) is 52.8 Å². The number of esters is 1. The first-order valence-electron chi connectivity index (χ1n) is 33.6. The predicted molar refractivity (Wildman–Crippen MR) is 395 cm³/mol. The van der Waals surface area contributed by atoms with Gasteiger partial charge in [0.05, 0.1) is 23.6 Å². The number of unbranched alkanes of at least 4 members (excludes halogenated alkanes) is 1. The summed E-state index contributed by atoms with van der Waals surface area (Å²) >= 11 is 6.49. The normalized spacial score (nSPS) is 13.9. The average Bonchev–Trinajstić information content (AvgIpc) is 1.61. The SMILES string of the molecule is CC(=O)Oc1cc2c(c3ccccc13)C(CCl)CN2C(=O)c1cc2cc(NC(=O)C3=Cc4cc(NC(=O)CCSSCCNC(=O)[C@H](C)CC(=O)[C@H](CCCNC(=N)N)NC(=O)[C@H](C)CC(=O)CCCCC(=O)c5ccc(CCc6cnc7nc(C)[nH]c(=O)c7n6)cc5)ccc4C3)ccc2[nH]1. The van der Waals surface area contributed by atoms with Crippen molar-refractivity contribution >= 4 is 148 Å². The molecule has 1 aliphatic heterocycles. The number of nitrogens with two attached hydrogens (primary N) is 1. The predicted octanol–water partition coefficient (Wildman–Crippen LogP) is 10.1. The van der Waals surface area contributed by atoms with Crippen LogP contribution in [0.25, 0.3) is 38.9 Å². The molecule has 526 valence electrons. The number of carbonyl (C=O) groups is 9. The molecule has 0 saturated heterocycles. The second-order valence-electron chi connectivity index (χ2n) is 25.4. The van der Waals surface area contributed by atoms with Crippen molar-refractivity contribution in [3.63, 3.8) is 0 Å². The first kappa shape index (κ1) is 73.7. The molecular formula is C74H80ClN13O11S2. The minimum absolute atomic E-state index is 0.0523. The molecule has 5 aromatic carbocycles. The molecule has 3 aromatic heterocycles. The number of nitrogens with zero attached hydrogens (tertiary/aromatic N) is 4. The van der Waals surface area contributed by atoms with E-state index in [1.807, 2.05) is 48.5 Å². The lowest BCUT2D eigenvalue weighted by Gasteiger charge is -2.22. The number of ether oxygens (including phenoxy) is 1. The summed E-state index contributed by atoms with van der Waals surface area (Å²) in [4.78, 5) is 152. The van der Waals surface area contributed by atoms with Gasteiger partial charge in [-0.2, -0.15) is 0 Å². The van der Waals surface area contributed by atoms with Crippen LogP contribution in [0.2, 0.25) is 0 Å². The number of aromatic amines is 2. The number of rotatable bonds is 34. The number of halogens is 1. The van der Waals surface area contributed by atoms with E-state index in [2.05, 4.69) is 51.5 Å². The van der Waals surface area contributed by atoms with Gasteiger partial charge in [-0.3, -0.25) is 53.4 Å². The van der Waals surface area contributed by atoms with Crippen LogP contribution in [0, 0.1) is 24.2 Å². The van der Waals surface area contributed by atoms with Crippen molar-refractivity contribution in [2.75, 3.05) is 52.6 Å². The van der Waals surface area contributed by atoms with E-state index < -0.39 is 29.8 Å². The number of benzene rings is 5. The first-order chi connectivity index (χ1) is 48.6. The van der Waals surface area contributed by atoms with Crippen molar-refractivity contribution in [3.05, 3.63) is 164 Å². The summed E-state index contributed by atoms with van der Waals surface area (Å²) in [6, 6.07) is 28.3. The molecule has 24 nitrogen and oxygen atoms in total. The molecule has 10 N–H and O–H groups in total. The summed E-state index contributed by atoms with van der Waals surface area (Å²) in [6.45, 7) is 7.18. The molecule has 10 rings (SSSR count). The molecule has 2 aliphatic rings. The molecule has 0 radical (unpaired) electrons. The van der Waals surface area contributed by atoms with E-state index in [1.165, 1.54) is 28.5 Å². The van der Waals surface area contributed by atoms with Crippen LogP contribution in [0.15, 0.2) is 114 Å². The van der Waals surface area contributed by atoms with Gasteiger partial charge in [0.25, 0.3) is 17.4 Å². The number of hydrogen-bond acceptors (Lipinski definition) is 17. The van der Waals surface area contributed by atoms with E-state index in [0.29, 0.717) is 131 Å². The second-order valence-corrected chi connectivity index (χ2v) is 28.4. The zero-order chi connectivity index (χ0) is 71.9. The van der Waals surface area contributed by atoms with Gasteiger partial charge in [-0.15, -0.1) is 11.6 Å². The summed E-state index contributed by atoms with van der Waals surface area (Å²) in [6.07, 6.45) is 6.93. The Morgan fingerprint density at radius 3 is 2.31 bits per heavy atom. The first-order valence-corrected chi connectivity index (χ1v) is 36.6. The highest BCUT2D eigenvalue weighted by molar-refractivity contribution is 8.76. The number of alkyl halides is 1. The summed E-state index contributed by atoms with van der Waals surface area (Å²) in [5.74, 6) is -2.33. The maximum absolute atomic E-state index is 14.2. The molecule has 27 heteroatoms. The lowest BCUT2D eigenvalue weighted by molar-refractivity contribution is -0.133. The molecule has 4 atom stereocenters. The molecule has 4 heterocycles. The molecule has 1 unspecified atom stereocenters. The Kier molecular flexibility index (Phi) is 25.0. The smallest absolute Gasteiger partial charge is 0.308 e. The molecule has 0 fully saturated rings. The third kappa shape index (κ3) is 19.5. The fourth-order valence-corrected chi connectivity index (χ4v) is 14.5. The Balaban J connectivity index is 0.602. The number of fused-ring (bicyclic) bond motifs is 6. The third-order valence-corrected chi connectivity index (χ3v) is 20.4. The number of ketones is 3. The highest BCUT2D eigenvalue weighted by Gasteiger charge is 2.36. The van der Waals surface area contributed by atoms with Gasteiger partial charge in [-0.1, -0.05) is 90.0 Å². The van der Waals surface area contributed by atoms with Crippen molar-refractivity contribution in [1.29, 1.82) is 5.41 Å². The van der Waals surface area contributed by atoms with Crippen LogP contribution in [0.1, 0.15) is 139 Å². The topological polar surface area (TPSA) is 363 Å². The van der Waals surface area contributed by atoms with E-state index in [4.69, 9.17) is 27.5 Å². The number of nitrogens with one attached hydrogen (secondary N) is 8. The summed E-state index contributed by atoms with van der Waals surface area (Å²) in [7, 11) is 2.97. The number of hydrogen-bond donors (Lipinski definition) is 9. The molecular weight excluding hydrogens is 1350 g/mol. The Morgan fingerprint density at radius 1 is 0.792 bits per heavy atom. The quantitative estimate of drug-likeness (QED) is 0.00264. The molecule has 0 spiro atoms. The van der Waals surface area contributed by atoms with E-state index in [9.17, 15) is 47.9 Å². The zero-order valence-corrected chi connectivity index (χ0v) is 58.9. The number of guanidine groups is 1. The minimum atomic E-state index is -0.951. The van der Waals surface area contributed by atoms with Crippen molar-refractivity contribution in [2.45, 2.75) is 117 Å². The highest BCUT2D eigenvalue weighted by Crippen LogP contribution is 2.46. The van der Waals surface area contributed by atoms with Gasteiger partial charge in [0.15, 0.2) is 28.7 Å². The van der Waals surface area contributed by atoms with Crippen LogP contribution in [0.3, 0.4) is 0 Å². The van der Waals surface area contributed by atoms with Crippen LogP contribution in [0.4, 0.5) is 17.1 Å². The van der Waals surface area contributed by atoms with Gasteiger partial charge < -0.3 is 51.9 Å². The molecule has 8 aromatic rings. The summed E-state index contributed by atoms with van der Waals surface area (Å²) in [5, 5.41) is 24.1. The minimum Gasteiger partial charge on any atom is -0.426 e. The number of amides is 5. The molecule has 0 saturated carbocycles. The Morgan fingerprint density at radius 2 is 1.53 bits per heavy atom. The van der Waals surface area contributed by atoms with Crippen LogP contribution < -0.4 is 47.5 Å². The third-order valence-electron chi connectivity index (χ3n) is 17.6. The molecule has 0 bridgehead atoms. The van der Waals surface area contributed by atoms with E-state index in [-0.39, 0.29) is 115 Å². The number of carbonyl (C=O) groups excluding carboxylic acids is 9. The van der Waals surface area contributed by atoms with E-state index in [0.717, 1.165) is 33.0 Å². The van der Waals surface area contributed by atoms with Crippen molar-refractivity contribution in [2.24, 2.45) is 17.6 Å². The number of aromatic nitrogens is 5. The summed E-state index contributed by atoms with van der Waals surface area (Å²) in [5.41, 5.74) is 13.8. The van der Waals surface area contributed by atoms with Gasteiger partial charge >= 0.3 is 5.97 Å². The largest absolute Gasteiger partial charge is 0.426 e. The molecule has 1 aliphatic carbocycles. The fraction of sp³-hybridized carbons (Fsp3) is 0.351.